The summed E-state index contributed by atoms with van der Waals surface area (Å²) in [6.07, 6.45) is 0. The summed E-state index contributed by atoms with van der Waals surface area (Å²) >= 11 is 1.40. The van der Waals surface area contributed by atoms with E-state index in [2.05, 4.69) is 15.3 Å². The van der Waals surface area contributed by atoms with Crippen LogP contribution in [0.15, 0.2) is 30.3 Å². The molecule has 1 aliphatic heterocycles. The molecule has 0 atom stereocenters. The van der Waals surface area contributed by atoms with Crippen LogP contribution in [-0.2, 0) is 6.61 Å². The number of fused-ring (bicyclic) bond motifs is 2. The monoisotopic (exact) mass is 442 g/mol. The Morgan fingerprint density at radius 1 is 0.968 bits per heavy atom. The van der Waals surface area contributed by atoms with Gasteiger partial charge < -0.3 is 28.4 Å². The number of ether oxygens (including phenoxy) is 6. The molecule has 0 fully saturated rings. The molecular formula is C20H18N4O6S. The lowest BCUT2D eigenvalue weighted by atomic mass is 10.2. The van der Waals surface area contributed by atoms with Gasteiger partial charge in [-0.15, -0.1) is 10.2 Å². The minimum atomic E-state index is 0.194. The lowest BCUT2D eigenvalue weighted by molar-refractivity contribution is 0.173. The van der Waals surface area contributed by atoms with Crippen molar-refractivity contribution in [3.8, 4) is 45.1 Å². The average molecular weight is 442 g/mol. The summed E-state index contributed by atoms with van der Waals surface area (Å²) in [5, 5.41) is 13.8. The molecule has 0 spiro atoms. The van der Waals surface area contributed by atoms with E-state index in [1.165, 1.54) is 11.3 Å². The maximum atomic E-state index is 5.85. The van der Waals surface area contributed by atoms with Crippen LogP contribution in [0.1, 0.15) is 5.82 Å². The largest absolute Gasteiger partial charge is 0.493 e. The Kier molecular flexibility index (Phi) is 4.86. The SMILES string of the molecule is COc1cc(-c2nn3c(COc4ccc5c(c4)OCO5)nnc3s2)cc(OC)c1OC. The van der Waals surface area contributed by atoms with Crippen molar-refractivity contribution in [1.82, 2.24) is 19.8 Å². The van der Waals surface area contributed by atoms with Crippen molar-refractivity contribution in [3.05, 3.63) is 36.2 Å². The van der Waals surface area contributed by atoms with Crippen molar-refractivity contribution in [1.29, 1.82) is 0 Å². The zero-order valence-electron chi connectivity index (χ0n) is 16.9. The van der Waals surface area contributed by atoms with Gasteiger partial charge in [-0.3, -0.25) is 0 Å². The third kappa shape index (κ3) is 3.42. The Morgan fingerprint density at radius 2 is 1.74 bits per heavy atom. The molecule has 3 heterocycles. The molecule has 11 heteroatoms. The molecule has 0 unspecified atom stereocenters. The maximum Gasteiger partial charge on any atom is 0.235 e. The molecule has 4 aromatic rings. The lowest BCUT2D eigenvalue weighted by Crippen LogP contribution is -2.02. The summed E-state index contributed by atoms with van der Waals surface area (Å²) in [5.41, 5.74) is 0.813. The molecule has 31 heavy (non-hydrogen) atoms. The van der Waals surface area contributed by atoms with Crippen molar-refractivity contribution in [3.63, 3.8) is 0 Å². The Morgan fingerprint density at radius 3 is 2.48 bits per heavy atom. The van der Waals surface area contributed by atoms with Crippen LogP contribution in [0.25, 0.3) is 15.5 Å². The first-order chi connectivity index (χ1) is 15.2. The van der Waals surface area contributed by atoms with Crippen molar-refractivity contribution in [2.24, 2.45) is 0 Å². The van der Waals surface area contributed by atoms with Crippen LogP contribution in [0.3, 0.4) is 0 Å². The summed E-state index contributed by atoms with van der Waals surface area (Å²) < 4.78 is 34.5. The first-order valence-corrected chi connectivity index (χ1v) is 10.1. The molecule has 1 aliphatic rings. The number of nitrogens with zero attached hydrogens (tertiary/aromatic N) is 4. The fourth-order valence-electron chi connectivity index (χ4n) is 3.18. The Hall–Kier alpha value is -3.73. The van der Waals surface area contributed by atoms with Crippen LogP contribution < -0.4 is 28.4 Å². The molecule has 2 aromatic carbocycles. The average Bonchev–Trinajstić information content (AvgIpc) is 3.52. The van der Waals surface area contributed by atoms with Crippen LogP contribution in [0.2, 0.25) is 0 Å². The number of benzene rings is 2. The zero-order valence-corrected chi connectivity index (χ0v) is 17.8. The summed E-state index contributed by atoms with van der Waals surface area (Å²) in [4.78, 5) is 0.646. The molecule has 0 bridgehead atoms. The smallest absolute Gasteiger partial charge is 0.235 e. The molecule has 2 aromatic heterocycles. The predicted octanol–water partition coefficient (Wildman–Crippen LogP) is 3.19. The Bertz CT molecular complexity index is 1230. The van der Waals surface area contributed by atoms with E-state index < -0.39 is 0 Å². The van der Waals surface area contributed by atoms with E-state index in [1.54, 1.807) is 31.9 Å². The molecule has 0 saturated heterocycles. The van der Waals surface area contributed by atoms with Gasteiger partial charge >= 0.3 is 0 Å². The standard InChI is InChI=1S/C20H18N4O6S/c1-25-15-6-11(7-16(26-2)18(15)27-3)19-23-24-17(21-22-20(24)31-19)9-28-12-4-5-13-14(8-12)30-10-29-13/h4-8H,9-10H2,1-3H3. The fraction of sp³-hybridized carbons (Fsp3) is 0.250. The van der Waals surface area contributed by atoms with Gasteiger partial charge in [-0.05, 0) is 24.3 Å². The number of rotatable bonds is 7. The quantitative estimate of drug-likeness (QED) is 0.427. The molecule has 5 rings (SSSR count). The minimum absolute atomic E-state index is 0.194. The molecule has 0 saturated carbocycles. The van der Waals surface area contributed by atoms with Crippen molar-refractivity contribution < 1.29 is 28.4 Å². The fourth-order valence-corrected chi connectivity index (χ4v) is 4.03. The van der Waals surface area contributed by atoms with E-state index in [1.807, 2.05) is 24.3 Å². The maximum absolute atomic E-state index is 5.85. The minimum Gasteiger partial charge on any atom is -0.493 e. The van der Waals surface area contributed by atoms with Crippen LogP contribution >= 0.6 is 11.3 Å². The Labute approximate surface area is 180 Å². The van der Waals surface area contributed by atoms with Gasteiger partial charge in [0.1, 0.15) is 17.4 Å². The third-order valence-electron chi connectivity index (χ3n) is 4.68. The summed E-state index contributed by atoms with van der Waals surface area (Å²) in [6, 6.07) is 9.09. The number of aromatic nitrogens is 4. The van der Waals surface area contributed by atoms with Crippen LogP contribution in [-0.4, -0.2) is 47.9 Å². The topological polar surface area (TPSA) is 98.5 Å². The second-order valence-corrected chi connectivity index (χ2v) is 7.39. The van der Waals surface area contributed by atoms with E-state index >= 15 is 0 Å². The predicted molar refractivity (Wildman–Crippen MR) is 111 cm³/mol. The first kappa shape index (κ1) is 19.2. The molecule has 160 valence electrons. The third-order valence-corrected chi connectivity index (χ3v) is 5.63. The normalized spacial score (nSPS) is 12.2. The summed E-state index contributed by atoms with van der Waals surface area (Å²) in [5.74, 6) is 4.19. The van der Waals surface area contributed by atoms with Gasteiger partial charge in [0.25, 0.3) is 0 Å². The molecule has 0 radical (unpaired) electrons. The summed E-state index contributed by atoms with van der Waals surface area (Å²) in [7, 11) is 4.71. The van der Waals surface area contributed by atoms with Crippen molar-refractivity contribution in [2.45, 2.75) is 6.61 Å². The Balaban J connectivity index is 1.42. The second-order valence-electron chi connectivity index (χ2n) is 6.44. The number of hydrogen-bond acceptors (Lipinski definition) is 10. The van der Waals surface area contributed by atoms with Crippen molar-refractivity contribution in [2.75, 3.05) is 28.1 Å². The highest BCUT2D eigenvalue weighted by Crippen LogP contribution is 2.42. The highest BCUT2D eigenvalue weighted by atomic mass is 32.1. The molecule has 0 aliphatic carbocycles. The molecule has 0 N–H and O–H groups in total. The van der Waals surface area contributed by atoms with Gasteiger partial charge in [-0.25, -0.2) is 0 Å². The van der Waals surface area contributed by atoms with Crippen LogP contribution in [0.4, 0.5) is 0 Å². The van der Waals surface area contributed by atoms with E-state index in [4.69, 9.17) is 28.4 Å². The molecule has 0 amide bonds. The van der Waals surface area contributed by atoms with E-state index in [0.717, 1.165) is 10.6 Å². The lowest BCUT2D eigenvalue weighted by Gasteiger charge is -2.13. The van der Waals surface area contributed by atoms with Gasteiger partial charge in [0, 0.05) is 11.6 Å². The molecular weight excluding hydrogens is 424 g/mol. The second kappa shape index (κ2) is 7.84. The van der Waals surface area contributed by atoms with Gasteiger partial charge in [-0.1, -0.05) is 11.3 Å². The van der Waals surface area contributed by atoms with Gasteiger partial charge in [0.15, 0.2) is 28.8 Å². The zero-order chi connectivity index (χ0) is 21.4. The van der Waals surface area contributed by atoms with Gasteiger partial charge in [0.2, 0.25) is 17.5 Å². The highest BCUT2D eigenvalue weighted by molar-refractivity contribution is 7.19. The van der Waals surface area contributed by atoms with Gasteiger partial charge in [0.05, 0.1) is 21.3 Å². The first-order valence-electron chi connectivity index (χ1n) is 9.24. The van der Waals surface area contributed by atoms with E-state index in [9.17, 15) is 0 Å². The van der Waals surface area contributed by atoms with E-state index in [0.29, 0.717) is 45.3 Å². The number of methoxy groups -OCH3 is 3. The highest BCUT2D eigenvalue weighted by Gasteiger charge is 2.19. The molecule has 10 nitrogen and oxygen atoms in total. The van der Waals surface area contributed by atoms with Crippen molar-refractivity contribution >= 4 is 16.3 Å². The van der Waals surface area contributed by atoms with E-state index in [-0.39, 0.29) is 13.4 Å². The van der Waals surface area contributed by atoms with Gasteiger partial charge in [-0.2, -0.15) is 9.61 Å². The summed E-state index contributed by atoms with van der Waals surface area (Å²) in [6.45, 7) is 0.408. The van der Waals surface area contributed by atoms with Crippen LogP contribution in [0.5, 0.6) is 34.5 Å². The number of hydrogen-bond donors (Lipinski definition) is 0. The van der Waals surface area contributed by atoms with Crippen LogP contribution in [0, 0.1) is 0 Å².